The topological polar surface area (TPSA) is 92.4 Å². The Labute approximate surface area is 77.3 Å². The van der Waals surface area contributed by atoms with Gasteiger partial charge in [-0.3, -0.25) is 9.59 Å². The Bertz CT molecular complexity index is 182. The molecule has 0 radical (unpaired) electrons. The van der Waals surface area contributed by atoms with Gasteiger partial charge in [0.25, 0.3) is 0 Å². The lowest BCUT2D eigenvalue weighted by Crippen LogP contribution is -2.31. The van der Waals surface area contributed by atoms with E-state index in [0.717, 1.165) is 0 Å². The molecule has 0 saturated heterocycles. The van der Waals surface area contributed by atoms with Crippen molar-refractivity contribution in [1.29, 1.82) is 0 Å². The minimum atomic E-state index is -0.358. The summed E-state index contributed by atoms with van der Waals surface area (Å²) in [5.74, 6) is -0.293. The molecule has 0 aliphatic carbocycles. The Kier molecular flexibility index (Phi) is 6.09. The van der Waals surface area contributed by atoms with Gasteiger partial charge in [0.1, 0.15) is 5.78 Å². The molecule has 4 N–H and O–H groups in total. The van der Waals surface area contributed by atoms with Crippen LogP contribution in [-0.4, -0.2) is 36.0 Å². The zero-order valence-corrected chi connectivity index (χ0v) is 7.75. The summed E-state index contributed by atoms with van der Waals surface area (Å²) in [7, 11) is 0. The van der Waals surface area contributed by atoms with E-state index in [9.17, 15) is 9.59 Å². The zero-order valence-electron chi connectivity index (χ0n) is 7.75. The van der Waals surface area contributed by atoms with Crippen LogP contribution in [0.2, 0.25) is 0 Å². The molecular weight excluding hydrogens is 172 g/mol. The van der Waals surface area contributed by atoms with Crippen molar-refractivity contribution >= 4 is 11.7 Å². The number of carbonyl (C=O) groups excluding carboxylic acids is 2. The number of carbonyl (C=O) groups is 2. The standard InChI is InChI=1S/C8H16N2O3/c1-6(12)4-10-8(13)3-2-7(9)5-11/h7,11H,2-5,9H2,1H3,(H,10,13)/t7-/m1/s1. The Morgan fingerprint density at radius 3 is 2.62 bits per heavy atom. The van der Waals surface area contributed by atoms with E-state index in [1.807, 2.05) is 0 Å². The van der Waals surface area contributed by atoms with Gasteiger partial charge in [0.15, 0.2) is 0 Å². The van der Waals surface area contributed by atoms with Crippen molar-refractivity contribution in [2.45, 2.75) is 25.8 Å². The molecule has 0 heterocycles. The number of hydrogen-bond donors (Lipinski definition) is 3. The van der Waals surface area contributed by atoms with Crippen LogP contribution in [0, 0.1) is 0 Å². The predicted molar refractivity (Wildman–Crippen MR) is 48.0 cm³/mol. The van der Waals surface area contributed by atoms with Gasteiger partial charge in [-0.2, -0.15) is 0 Å². The van der Waals surface area contributed by atoms with E-state index in [0.29, 0.717) is 6.42 Å². The lowest BCUT2D eigenvalue weighted by atomic mass is 10.2. The molecule has 0 spiro atoms. The third kappa shape index (κ3) is 7.42. The van der Waals surface area contributed by atoms with Crippen LogP contribution in [0.3, 0.4) is 0 Å². The molecule has 1 amide bonds. The molecule has 5 nitrogen and oxygen atoms in total. The summed E-state index contributed by atoms with van der Waals surface area (Å²) in [6.45, 7) is 1.34. The van der Waals surface area contributed by atoms with Crippen LogP contribution in [0.1, 0.15) is 19.8 Å². The van der Waals surface area contributed by atoms with Crippen LogP contribution in [-0.2, 0) is 9.59 Å². The van der Waals surface area contributed by atoms with Gasteiger partial charge in [-0.05, 0) is 13.3 Å². The molecule has 0 aliphatic rings. The van der Waals surface area contributed by atoms with Crippen molar-refractivity contribution in [2.24, 2.45) is 5.73 Å². The fourth-order valence-electron chi connectivity index (χ4n) is 0.719. The SMILES string of the molecule is CC(=O)CNC(=O)CC[C@@H](N)CO. The van der Waals surface area contributed by atoms with E-state index in [-0.39, 0.29) is 37.3 Å². The zero-order chi connectivity index (χ0) is 10.3. The van der Waals surface area contributed by atoms with E-state index < -0.39 is 0 Å². The fourth-order valence-corrected chi connectivity index (χ4v) is 0.719. The molecule has 0 aliphatic heterocycles. The Hall–Kier alpha value is -0.940. The summed E-state index contributed by atoms with van der Waals surface area (Å²) in [4.78, 5) is 21.4. The molecule has 0 unspecified atom stereocenters. The quantitative estimate of drug-likeness (QED) is 0.487. The van der Waals surface area contributed by atoms with Gasteiger partial charge in [0.05, 0.1) is 13.2 Å². The number of amides is 1. The van der Waals surface area contributed by atoms with Gasteiger partial charge in [0.2, 0.25) is 5.91 Å². The van der Waals surface area contributed by atoms with E-state index in [2.05, 4.69) is 5.32 Å². The Balaban J connectivity index is 3.46. The third-order valence-corrected chi connectivity index (χ3v) is 1.51. The second-order valence-electron chi connectivity index (χ2n) is 2.96. The van der Waals surface area contributed by atoms with Gasteiger partial charge in [-0.25, -0.2) is 0 Å². The van der Waals surface area contributed by atoms with Crippen LogP contribution in [0.15, 0.2) is 0 Å². The summed E-state index contributed by atoms with van der Waals surface area (Å²) in [6, 6.07) is -0.358. The monoisotopic (exact) mass is 188 g/mol. The molecule has 0 rings (SSSR count). The summed E-state index contributed by atoms with van der Waals surface area (Å²) < 4.78 is 0. The molecule has 0 bridgehead atoms. The second kappa shape index (κ2) is 6.56. The van der Waals surface area contributed by atoms with Gasteiger partial charge in [-0.1, -0.05) is 0 Å². The summed E-state index contributed by atoms with van der Waals surface area (Å²) >= 11 is 0. The smallest absolute Gasteiger partial charge is 0.220 e. The van der Waals surface area contributed by atoms with Crippen LogP contribution < -0.4 is 11.1 Å². The van der Waals surface area contributed by atoms with Crippen LogP contribution in [0.4, 0.5) is 0 Å². The first-order valence-corrected chi connectivity index (χ1v) is 4.18. The van der Waals surface area contributed by atoms with Crippen molar-refractivity contribution in [1.82, 2.24) is 5.32 Å². The van der Waals surface area contributed by atoms with Crippen LogP contribution in [0.5, 0.6) is 0 Å². The largest absolute Gasteiger partial charge is 0.395 e. The Morgan fingerprint density at radius 1 is 1.54 bits per heavy atom. The van der Waals surface area contributed by atoms with Gasteiger partial charge in [0, 0.05) is 12.5 Å². The molecule has 1 atom stereocenters. The number of aliphatic hydroxyl groups excluding tert-OH is 1. The van der Waals surface area contributed by atoms with E-state index in [4.69, 9.17) is 10.8 Å². The highest BCUT2D eigenvalue weighted by Crippen LogP contribution is 1.92. The minimum absolute atomic E-state index is 0.0627. The van der Waals surface area contributed by atoms with E-state index in [1.54, 1.807) is 0 Å². The van der Waals surface area contributed by atoms with Crippen molar-refractivity contribution in [3.05, 3.63) is 0 Å². The highest BCUT2D eigenvalue weighted by atomic mass is 16.3. The molecule has 0 aromatic rings. The van der Waals surface area contributed by atoms with Gasteiger partial charge in [-0.15, -0.1) is 0 Å². The van der Waals surface area contributed by atoms with Crippen molar-refractivity contribution < 1.29 is 14.7 Å². The number of nitrogens with one attached hydrogen (secondary N) is 1. The maximum atomic E-state index is 11.0. The normalized spacial score (nSPS) is 12.2. The lowest BCUT2D eigenvalue weighted by molar-refractivity contribution is -0.124. The molecule has 0 fully saturated rings. The first-order chi connectivity index (χ1) is 6.06. The number of hydrogen-bond acceptors (Lipinski definition) is 4. The second-order valence-corrected chi connectivity index (χ2v) is 2.96. The lowest BCUT2D eigenvalue weighted by Gasteiger charge is -2.07. The van der Waals surface area contributed by atoms with Crippen LogP contribution >= 0.6 is 0 Å². The first-order valence-electron chi connectivity index (χ1n) is 4.18. The van der Waals surface area contributed by atoms with E-state index >= 15 is 0 Å². The minimum Gasteiger partial charge on any atom is -0.395 e. The molecular formula is C8H16N2O3. The number of rotatable bonds is 6. The highest BCUT2D eigenvalue weighted by Gasteiger charge is 2.05. The average Bonchev–Trinajstić information content (AvgIpc) is 2.10. The molecule has 76 valence electrons. The fraction of sp³-hybridized carbons (Fsp3) is 0.750. The highest BCUT2D eigenvalue weighted by molar-refractivity contribution is 5.84. The van der Waals surface area contributed by atoms with Crippen molar-refractivity contribution in [2.75, 3.05) is 13.2 Å². The molecule has 0 aromatic heterocycles. The van der Waals surface area contributed by atoms with Gasteiger partial charge >= 0.3 is 0 Å². The summed E-state index contributed by atoms with van der Waals surface area (Å²) in [5.41, 5.74) is 5.38. The van der Waals surface area contributed by atoms with E-state index in [1.165, 1.54) is 6.92 Å². The van der Waals surface area contributed by atoms with Crippen molar-refractivity contribution in [3.63, 3.8) is 0 Å². The number of aliphatic hydroxyl groups is 1. The summed E-state index contributed by atoms with van der Waals surface area (Å²) in [6.07, 6.45) is 0.676. The Morgan fingerprint density at radius 2 is 2.15 bits per heavy atom. The third-order valence-electron chi connectivity index (χ3n) is 1.51. The van der Waals surface area contributed by atoms with Crippen LogP contribution in [0.25, 0.3) is 0 Å². The maximum absolute atomic E-state index is 11.0. The first kappa shape index (κ1) is 12.1. The number of Topliss-reactive ketones (excluding diaryl/α,β-unsaturated/α-hetero) is 1. The summed E-state index contributed by atoms with van der Waals surface area (Å²) in [5, 5.41) is 11.0. The molecule has 0 aromatic carbocycles. The number of nitrogens with two attached hydrogens (primary N) is 1. The molecule has 13 heavy (non-hydrogen) atoms. The molecule has 0 saturated carbocycles. The predicted octanol–water partition coefficient (Wildman–Crippen LogP) is -1.21. The van der Waals surface area contributed by atoms with Crippen molar-refractivity contribution in [3.8, 4) is 0 Å². The maximum Gasteiger partial charge on any atom is 0.220 e. The number of ketones is 1. The average molecular weight is 188 g/mol. The molecule has 5 heteroatoms. The van der Waals surface area contributed by atoms with Gasteiger partial charge < -0.3 is 16.2 Å².